The molecule has 0 N–H and O–H groups in total. The third-order valence-corrected chi connectivity index (χ3v) is 6.10. The third kappa shape index (κ3) is 3.92. The summed E-state index contributed by atoms with van der Waals surface area (Å²) >= 11 is 0. The summed E-state index contributed by atoms with van der Waals surface area (Å²) in [4.78, 5) is 12.3. The first-order valence-electron chi connectivity index (χ1n) is 11.3. The zero-order valence-electron chi connectivity index (χ0n) is 18.2. The lowest BCUT2D eigenvalue weighted by Crippen LogP contribution is -2.31. The maximum Gasteiger partial charge on any atom is 0.162 e. The minimum Gasteiger partial charge on any atom is -0.457 e. The number of hydrogen-bond donors (Lipinski definition) is 0. The van der Waals surface area contributed by atoms with Crippen LogP contribution in [-0.2, 0) is 13.0 Å². The first-order chi connectivity index (χ1) is 16.3. The van der Waals surface area contributed by atoms with Gasteiger partial charge in [-0.05, 0) is 66.1 Å². The maximum absolute atomic E-state index is 5.94. The van der Waals surface area contributed by atoms with Crippen LogP contribution in [0, 0.1) is 0 Å². The summed E-state index contributed by atoms with van der Waals surface area (Å²) in [6, 6.07) is 34.8. The first kappa shape index (κ1) is 19.5. The lowest BCUT2D eigenvalue weighted by molar-refractivity contribution is 0.483. The van der Waals surface area contributed by atoms with Crippen LogP contribution in [0.25, 0.3) is 22.3 Å². The van der Waals surface area contributed by atoms with Crippen molar-refractivity contribution in [3.8, 4) is 22.9 Å². The molecule has 2 heterocycles. The molecule has 1 aliphatic rings. The normalized spacial score (nSPS) is 13.0. The predicted molar refractivity (Wildman–Crippen MR) is 133 cm³/mol. The van der Waals surface area contributed by atoms with Crippen LogP contribution in [0.15, 0.2) is 103 Å². The number of nitrogens with zero attached hydrogens (tertiary/aromatic N) is 3. The number of ether oxygens (including phenoxy) is 1. The molecule has 0 saturated heterocycles. The summed E-state index contributed by atoms with van der Waals surface area (Å²) in [5.41, 5.74) is 4.73. The van der Waals surface area contributed by atoms with Crippen LogP contribution < -0.4 is 9.64 Å². The lowest BCUT2D eigenvalue weighted by Gasteiger charge is -2.30. The molecule has 1 aromatic heterocycles. The van der Waals surface area contributed by atoms with Gasteiger partial charge in [0.1, 0.15) is 17.3 Å². The third-order valence-electron chi connectivity index (χ3n) is 6.10. The molecular formula is C29H23N3O. The SMILES string of the molecule is c1ccc(Oc2ccc(-c3nc(N4CCc5ccccc5C4)c4ccccc4n3)cc2)cc1. The van der Waals surface area contributed by atoms with Crippen LogP contribution in [0.3, 0.4) is 0 Å². The van der Waals surface area contributed by atoms with E-state index in [2.05, 4.69) is 47.4 Å². The largest absolute Gasteiger partial charge is 0.457 e. The Labute approximate surface area is 193 Å². The summed E-state index contributed by atoms with van der Waals surface area (Å²) in [6.45, 7) is 1.81. The average Bonchev–Trinajstić information content (AvgIpc) is 2.89. The molecule has 5 aromatic rings. The lowest BCUT2D eigenvalue weighted by atomic mass is 9.99. The highest BCUT2D eigenvalue weighted by atomic mass is 16.5. The van der Waals surface area contributed by atoms with Crippen LogP contribution in [0.5, 0.6) is 11.5 Å². The fraction of sp³-hybridized carbons (Fsp3) is 0.103. The molecule has 4 aromatic carbocycles. The Balaban J connectivity index is 1.36. The van der Waals surface area contributed by atoms with Crippen molar-refractivity contribution in [1.82, 2.24) is 9.97 Å². The van der Waals surface area contributed by atoms with Crippen molar-refractivity contribution in [2.45, 2.75) is 13.0 Å². The highest BCUT2D eigenvalue weighted by Gasteiger charge is 2.20. The smallest absolute Gasteiger partial charge is 0.162 e. The monoisotopic (exact) mass is 429 g/mol. The van der Waals surface area contributed by atoms with Crippen LogP contribution in [0.2, 0.25) is 0 Å². The number of rotatable bonds is 4. The molecule has 0 aliphatic carbocycles. The molecule has 0 spiro atoms. The molecule has 0 atom stereocenters. The summed E-state index contributed by atoms with van der Waals surface area (Å²) in [5.74, 6) is 3.34. The topological polar surface area (TPSA) is 38.2 Å². The molecule has 0 saturated carbocycles. The van der Waals surface area contributed by atoms with Crippen LogP contribution in [0.4, 0.5) is 5.82 Å². The number of para-hydroxylation sites is 2. The Bertz CT molecular complexity index is 1410. The van der Waals surface area contributed by atoms with Crippen molar-refractivity contribution in [2.24, 2.45) is 0 Å². The number of fused-ring (bicyclic) bond motifs is 2. The average molecular weight is 430 g/mol. The van der Waals surface area contributed by atoms with E-state index in [0.29, 0.717) is 0 Å². The van der Waals surface area contributed by atoms with E-state index in [1.807, 2.05) is 60.7 Å². The van der Waals surface area contributed by atoms with Crippen molar-refractivity contribution in [1.29, 1.82) is 0 Å². The number of aromatic nitrogens is 2. The van der Waals surface area contributed by atoms with Gasteiger partial charge in [-0.1, -0.05) is 54.6 Å². The molecule has 0 radical (unpaired) electrons. The summed E-state index contributed by atoms with van der Waals surface area (Å²) in [6.07, 6.45) is 1.02. The van der Waals surface area contributed by atoms with E-state index in [4.69, 9.17) is 14.7 Å². The van der Waals surface area contributed by atoms with Gasteiger partial charge in [0.05, 0.1) is 5.52 Å². The van der Waals surface area contributed by atoms with Crippen molar-refractivity contribution in [3.63, 3.8) is 0 Å². The summed E-state index contributed by atoms with van der Waals surface area (Å²) in [5, 5.41) is 1.09. The standard InChI is InChI=1S/C29H23N3O/c1-2-10-24(11-3-1)33-25-16-14-22(15-17-25)28-30-27-13-7-6-12-26(27)29(31-28)32-19-18-21-8-4-5-9-23(21)20-32/h1-17H,18-20H2. The fourth-order valence-corrected chi connectivity index (χ4v) is 4.40. The molecule has 0 unspecified atom stereocenters. The zero-order chi connectivity index (χ0) is 22.0. The van der Waals surface area contributed by atoms with Crippen LogP contribution in [-0.4, -0.2) is 16.5 Å². The molecule has 0 bridgehead atoms. The van der Waals surface area contributed by atoms with Gasteiger partial charge in [-0.15, -0.1) is 0 Å². The van der Waals surface area contributed by atoms with E-state index in [9.17, 15) is 0 Å². The first-order valence-corrected chi connectivity index (χ1v) is 11.3. The van der Waals surface area contributed by atoms with Gasteiger partial charge < -0.3 is 9.64 Å². The highest BCUT2D eigenvalue weighted by molar-refractivity contribution is 5.91. The van der Waals surface area contributed by atoms with Gasteiger partial charge in [0.2, 0.25) is 0 Å². The van der Waals surface area contributed by atoms with Crippen molar-refractivity contribution in [3.05, 3.63) is 114 Å². The van der Waals surface area contributed by atoms with E-state index in [-0.39, 0.29) is 0 Å². The number of benzene rings is 4. The van der Waals surface area contributed by atoms with E-state index in [1.165, 1.54) is 11.1 Å². The van der Waals surface area contributed by atoms with E-state index in [1.54, 1.807) is 0 Å². The molecule has 6 rings (SSSR count). The molecule has 0 fully saturated rings. The van der Waals surface area contributed by atoms with E-state index in [0.717, 1.165) is 59.1 Å². The Hall–Kier alpha value is -4.18. The molecule has 0 amide bonds. The molecule has 4 nitrogen and oxygen atoms in total. The number of anilines is 1. The molecule has 160 valence electrons. The van der Waals surface area contributed by atoms with Gasteiger partial charge in [0.15, 0.2) is 5.82 Å². The second kappa shape index (κ2) is 8.40. The Morgan fingerprint density at radius 2 is 1.33 bits per heavy atom. The second-order valence-electron chi connectivity index (χ2n) is 8.27. The van der Waals surface area contributed by atoms with Crippen molar-refractivity contribution in [2.75, 3.05) is 11.4 Å². The van der Waals surface area contributed by atoms with Crippen LogP contribution >= 0.6 is 0 Å². The second-order valence-corrected chi connectivity index (χ2v) is 8.27. The van der Waals surface area contributed by atoms with Crippen molar-refractivity contribution < 1.29 is 4.74 Å². The Morgan fingerprint density at radius 1 is 0.636 bits per heavy atom. The number of hydrogen-bond acceptors (Lipinski definition) is 4. The molecular weight excluding hydrogens is 406 g/mol. The summed E-state index contributed by atoms with van der Waals surface area (Å²) in [7, 11) is 0. The minimum atomic E-state index is 0.730. The van der Waals surface area contributed by atoms with Crippen LogP contribution in [0.1, 0.15) is 11.1 Å². The molecule has 1 aliphatic heterocycles. The molecule has 33 heavy (non-hydrogen) atoms. The van der Waals surface area contributed by atoms with E-state index < -0.39 is 0 Å². The van der Waals surface area contributed by atoms with E-state index >= 15 is 0 Å². The maximum atomic E-state index is 5.94. The van der Waals surface area contributed by atoms with Gasteiger partial charge in [0, 0.05) is 24.0 Å². The van der Waals surface area contributed by atoms with Gasteiger partial charge in [0.25, 0.3) is 0 Å². The fourth-order valence-electron chi connectivity index (χ4n) is 4.40. The highest BCUT2D eigenvalue weighted by Crippen LogP contribution is 2.32. The van der Waals surface area contributed by atoms with Gasteiger partial charge in [-0.3, -0.25) is 0 Å². The Kier molecular flexibility index (Phi) is 4.96. The van der Waals surface area contributed by atoms with Gasteiger partial charge in [-0.2, -0.15) is 0 Å². The van der Waals surface area contributed by atoms with Crippen molar-refractivity contribution >= 4 is 16.7 Å². The predicted octanol–water partition coefficient (Wildman–Crippen LogP) is 6.65. The van der Waals surface area contributed by atoms with Gasteiger partial charge in [-0.25, -0.2) is 9.97 Å². The Morgan fingerprint density at radius 3 is 2.18 bits per heavy atom. The van der Waals surface area contributed by atoms with Gasteiger partial charge >= 0.3 is 0 Å². The summed E-state index contributed by atoms with van der Waals surface area (Å²) < 4.78 is 5.94. The zero-order valence-corrected chi connectivity index (χ0v) is 18.2. The quantitative estimate of drug-likeness (QED) is 0.320. The minimum absolute atomic E-state index is 0.730. The molecule has 4 heteroatoms.